The minimum Gasteiger partial charge on any atom is -0.387 e. The van der Waals surface area contributed by atoms with Gasteiger partial charge in [-0.1, -0.05) is 6.92 Å². The highest BCUT2D eigenvalue weighted by atomic mass is 16.5. The number of hydrogen-bond donors (Lipinski definition) is 2. The Kier molecular flexibility index (Phi) is 4.43. The largest absolute Gasteiger partial charge is 0.387 e. The Labute approximate surface area is 151 Å². The molecule has 4 nitrogen and oxygen atoms in total. The number of ether oxygens (including phenoxy) is 1. The Balaban J connectivity index is 1.51. The monoisotopic (exact) mass is 349 g/mol. The molecule has 4 saturated carbocycles. The third kappa shape index (κ3) is 2.75. The lowest BCUT2D eigenvalue weighted by Gasteiger charge is -2.57. The normalized spacial score (nSPS) is 52.1. The van der Waals surface area contributed by atoms with Crippen LogP contribution in [0.25, 0.3) is 0 Å². The molecule has 0 spiro atoms. The van der Waals surface area contributed by atoms with E-state index in [9.17, 15) is 9.90 Å². The van der Waals surface area contributed by atoms with Gasteiger partial charge >= 0.3 is 0 Å². The molecule has 0 saturated heterocycles. The number of carbonyl (C=O) groups excluding carboxylic acids is 1. The number of rotatable bonds is 3. The highest BCUT2D eigenvalue weighted by molar-refractivity contribution is 5.78. The van der Waals surface area contributed by atoms with E-state index < -0.39 is 5.60 Å². The molecule has 0 unspecified atom stereocenters. The molecule has 0 aromatic heterocycles. The third-order valence-corrected chi connectivity index (χ3v) is 8.86. The summed E-state index contributed by atoms with van der Waals surface area (Å²) in [4.78, 5) is 12.0. The van der Waals surface area contributed by atoms with Gasteiger partial charge in [-0.25, -0.2) is 0 Å². The number of aliphatic hydroxyl groups is 1. The van der Waals surface area contributed by atoms with Crippen molar-refractivity contribution in [1.82, 2.24) is 0 Å². The van der Waals surface area contributed by atoms with Crippen molar-refractivity contribution in [3.05, 3.63) is 0 Å². The molecule has 0 aromatic rings. The van der Waals surface area contributed by atoms with Gasteiger partial charge in [-0.15, -0.1) is 0 Å². The van der Waals surface area contributed by atoms with E-state index in [1.807, 2.05) is 0 Å². The van der Waals surface area contributed by atoms with Gasteiger partial charge in [0.25, 0.3) is 0 Å². The van der Waals surface area contributed by atoms with Crippen molar-refractivity contribution in [2.75, 3.05) is 13.7 Å². The van der Waals surface area contributed by atoms with E-state index in [2.05, 4.69) is 6.92 Å². The first kappa shape index (κ1) is 17.8. The fourth-order valence-corrected chi connectivity index (χ4v) is 7.83. The fraction of sp³-hybridized carbons (Fsp3) is 0.952. The van der Waals surface area contributed by atoms with Crippen LogP contribution in [0.5, 0.6) is 0 Å². The van der Waals surface area contributed by atoms with Crippen LogP contribution < -0.4 is 5.73 Å². The molecule has 0 radical (unpaired) electrons. The average Bonchev–Trinajstić information content (AvgIpc) is 2.91. The van der Waals surface area contributed by atoms with Crippen molar-refractivity contribution in [3.8, 4) is 0 Å². The first-order chi connectivity index (χ1) is 11.9. The van der Waals surface area contributed by atoms with E-state index in [0.717, 1.165) is 49.9 Å². The van der Waals surface area contributed by atoms with Crippen LogP contribution in [-0.2, 0) is 9.53 Å². The van der Waals surface area contributed by atoms with Crippen LogP contribution >= 0.6 is 0 Å². The zero-order valence-corrected chi connectivity index (χ0v) is 15.9. The quantitative estimate of drug-likeness (QED) is 0.822. The van der Waals surface area contributed by atoms with Gasteiger partial charge in [0.15, 0.2) is 0 Å². The summed E-state index contributed by atoms with van der Waals surface area (Å²) in [6.07, 6.45) is 10.1. The number of hydrogen-bond acceptors (Lipinski definition) is 3. The van der Waals surface area contributed by atoms with Crippen LogP contribution in [0.15, 0.2) is 0 Å². The second-order valence-corrected chi connectivity index (χ2v) is 9.91. The van der Waals surface area contributed by atoms with E-state index >= 15 is 0 Å². The molecule has 0 heterocycles. The van der Waals surface area contributed by atoms with Crippen LogP contribution in [0.3, 0.4) is 0 Å². The molecule has 4 aliphatic rings. The van der Waals surface area contributed by atoms with Gasteiger partial charge < -0.3 is 15.6 Å². The lowest BCUT2D eigenvalue weighted by Crippen LogP contribution is -2.52. The van der Waals surface area contributed by atoms with Gasteiger partial charge in [-0.3, -0.25) is 4.79 Å². The van der Waals surface area contributed by atoms with Crippen molar-refractivity contribution >= 4 is 5.91 Å². The molecule has 142 valence electrons. The maximum Gasteiger partial charge on any atom is 0.221 e. The Bertz CT molecular complexity index is 537. The van der Waals surface area contributed by atoms with E-state index in [1.165, 1.54) is 25.7 Å². The molecule has 4 fully saturated rings. The molecule has 0 aliphatic heterocycles. The minimum absolute atomic E-state index is 0.0700. The predicted molar refractivity (Wildman–Crippen MR) is 96.6 cm³/mol. The number of nitrogens with two attached hydrogens (primary N) is 1. The summed E-state index contributed by atoms with van der Waals surface area (Å²) in [6.45, 7) is 2.83. The molecular formula is C21H35NO3. The summed E-state index contributed by atoms with van der Waals surface area (Å²) in [7, 11) is 1.69. The van der Waals surface area contributed by atoms with E-state index in [4.69, 9.17) is 10.5 Å². The summed E-state index contributed by atoms with van der Waals surface area (Å²) in [5, 5.41) is 10.8. The fourth-order valence-electron chi connectivity index (χ4n) is 7.83. The van der Waals surface area contributed by atoms with E-state index in [0.29, 0.717) is 18.4 Å². The van der Waals surface area contributed by atoms with Gasteiger partial charge in [0.2, 0.25) is 5.91 Å². The third-order valence-electron chi connectivity index (χ3n) is 8.86. The van der Waals surface area contributed by atoms with Crippen molar-refractivity contribution in [2.24, 2.45) is 46.7 Å². The molecule has 25 heavy (non-hydrogen) atoms. The van der Waals surface area contributed by atoms with E-state index in [1.54, 1.807) is 7.11 Å². The second-order valence-electron chi connectivity index (χ2n) is 9.91. The highest BCUT2D eigenvalue weighted by Crippen LogP contribution is 2.64. The van der Waals surface area contributed by atoms with Crippen LogP contribution in [0.1, 0.15) is 64.7 Å². The van der Waals surface area contributed by atoms with Crippen molar-refractivity contribution in [3.63, 3.8) is 0 Å². The average molecular weight is 350 g/mol. The molecular weight excluding hydrogens is 314 g/mol. The van der Waals surface area contributed by atoms with Crippen molar-refractivity contribution in [1.29, 1.82) is 0 Å². The summed E-state index contributed by atoms with van der Waals surface area (Å²) in [5.74, 6) is 3.72. The molecule has 0 bridgehead atoms. The Hall–Kier alpha value is -0.610. The molecule has 4 aliphatic carbocycles. The van der Waals surface area contributed by atoms with Crippen LogP contribution in [0.4, 0.5) is 0 Å². The topological polar surface area (TPSA) is 72.6 Å². The number of fused-ring (bicyclic) bond motifs is 5. The van der Waals surface area contributed by atoms with Gasteiger partial charge in [0, 0.05) is 13.0 Å². The SMILES string of the molecule is COC[C@@]1(O)CC[C@H]2[C@H](CC[C@@H]3[C@@H]2CC[C@]2(C)[C@@H](C(N)=O)CC[C@@H]32)C1. The van der Waals surface area contributed by atoms with Crippen LogP contribution in [0, 0.1) is 40.9 Å². The Morgan fingerprint density at radius 2 is 1.84 bits per heavy atom. The first-order valence-corrected chi connectivity index (χ1v) is 10.4. The number of primary amides is 1. The second kappa shape index (κ2) is 6.23. The molecule has 3 N–H and O–H groups in total. The Morgan fingerprint density at radius 1 is 1.08 bits per heavy atom. The van der Waals surface area contributed by atoms with Gasteiger partial charge in [-0.05, 0) is 92.8 Å². The lowest BCUT2D eigenvalue weighted by atomic mass is 9.49. The minimum atomic E-state index is -0.601. The summed E-state index contributed by atoms with van der Waals surface area (Å²) < 4.78 is 5.28. The molecule has 8 atom stereocenters. The van der Waals surface area contributed by atoms with E-state index in [-0.39, 0.29) is 17.2 Å². The molecule has 4 rings (SSSR count). The number of methoxy groups -OCH3 is 1. The molecule has 4 heteroatoms. The summed E-state index contributed by atoms with van der Waals surface area (Å²) in [5.41, 5.74) is 5.29. The van der Waals surface area contributed by atoms with Gasteiger partial charge in [-0.2, -0.15) is 0 Å². The first-order valence-electron chi connectivity index (χ1n) is 10.4. The van der Waals surface area contributed by atoms with Crippen molar-refractivity contribution < 1.29 is 14.6 Å². The summed E-state index contributed by atoms with van der Waals surface area (Å²) in [6, 6.07) is 0. The maximum absolute atomic E-state index is 12.0. The predicted octanol–water partition coefficient (Wildman–Crippen LogP) is 3.12. The molecule has 1 amide bonds. The van der Waals surface area contributed by atoms with Gasteiger partial charge in [0.05, 0.1) is 12.2 Å². The summed E-state index contributed by atoms with van der Waals surface area (Å²) >= 11 is 0. The smallest absolute Gasteiger partial charge is 0.221 e. The standard InChI is InChI=1S/C21H35NO3/c1-20-9-7-15-14-8-10-21(24,12-25-2)11-13(14)3-4-16(15)17(20)5-6-18(20)19(22)23/h13-18,24H,3-12H2,1-2H3,(H2,22,23)/t13-,14+,15-,16-,17+,18-,20+,21-/m1/s1. The highest BCUT2D eigenvalue weighted by Gasteiger charge is 2.58. The number of carbonyl (C=O) groups is 1. The zero-order valence-electron chi connectivity index (χ0n) is 15.9. The molecule has 0 aromatic carbocycles. The lowest BCUT2D eigenvalue weighted by molar-refractivity contribution is -0.135. The van der Waals surface area contributed by atoms with Gasteiger partial charge in [0.1, 0.15) is 0 Å². The van der Waals surface area contributed by atoms with Crippen LogP contribution in [-0.4, -0.2) is 30.3 Å². The van der Waals surface area contributed by atoms with Crippen LogP contribution in [0.2, 0.25) is 0 Å². The maximum atomic E-state index is 12.0. The Morgan fingerprint density at radius 3 is 2.56 bits per heavy atom. The zero-order chi connectivity index (χ0) is 17.8. The number of amides is 1. The van der Waals surface area contributed by atoms with Crippen molar-refractivity contribution in [2.45, 2.75) is 70.3 Å².